The molecule has 4 nitrogen and oxygen atoms in total. The molecule has 0 aliphatic carbocycles. The molecule has 2 aromatic carbocycles. The SMILES string of the molecule is Cc1[nH]c2ccc(NC(=O)c3ccc(F)cc3Cl)cc2c1CCN(C)C. The molecule has 0 unspecified atom stereocenters. The molecular formula is C20H21ClFN3O. The van der Waals surface area contributed by atoms with Crippen molar-refractivity contribution in [3.05, 3.63) is 64.1 Å². The highest BCUT2D eigenvalue weighted by atomic mass is 35.5. The van der Waals surface area contributed by atoms with Crippen LogP contribution in [-0.2, 0) is 6.42 Å². The lowest BCUT2D eigenvalue weighted by molar-refractivity contribution is 0.102. The number of aryl methyl sites for hydroxylation is 1. The van der Waals surface area contributed by atoms with Gasteiger partial charge in [-0.2, -0.15) is 0 Å². The Morgan fingerprint density at radius 2 is 2.00 bits per heavy atom. The van der Waals surface area contributed by atoms with Crippen molar-refractivity contribution in [2.75, 3.05) is 26.0 Å². The van der Waals surface area contributed by atoms with E-state index in [1.165, 1.54) is 17.7 Å². The van der Waals surface area contributed by atoms with Gasteiger partial charge in [-0.25, -0.2) is 4.39 Å². The summed E-state index contributed by atoms with van der Waals surface area (Å²) in [4.78, 5) is 18.0. The van der Waals surface area contributed by atoms with E-state index in [2.05, 4.69) is 22.1 Å². The van der Waals surface area contributed by atoms with E-state index in [0.29, 0.717) is 5.69 Å². The number of benzene rings is 2. The van der Waals surface area contributed by atoms with Crippen molar-refractivity contribution in [1.82, 2.24) is 9.88 Å². The summed E-state index contributed by atoms with van der Waals surface area (Å²) >= 11 is 5.97. The van der Waals surface area contributed by atoms with Crippen LogP contribution in [0.2, 0.25) is 5.02 Å². The highest BCUT2D eigenvalue weighted by Gasteiger charge is 2.13. The van der Waals surface area contributed by atoms with Gasteiger partial charge in [0.25, 0.3) is 5.91 Å². The van der Waals surface area contributed by atoms with Gasteiger partial charge < -0.3 is 15.2 Å². The van der Waals surface area contributed by atoms with Crippen LogP contribution in [0.1, 0.15) is 21.6 Å². The molecule has 2 N–H and O–H groups in total. The van der Waals surface area contributed by atoms with Gasteiger partial charge in [-0.1, -0.05) is 11.6 Å². The molecule has 1 amide bonds. The van der Waals surface area contributed by atoms with Gasteiger partial charge >= 0.3 is 0 Å². The van der Waals surface area contributed by atoms with Gasteiger partial charge in [0.15, 0.2) is 0 Å². The van der Waals surface area contributed by atoms with Crippen molar-refractivity contribution >= 4 is 34.1 Å². The van der Waals surface area contributed by atoms with Gasteiger partial charge in [-0.05, 0) is 69.4 Å². The van der Waals surface area contributed by atoms with E-state index in [9.17, 15) is 9.18 Å². The fourth-order valence-corrected chi connectivity index (χ4v) is 3.24. The molecule has 0 aliphatic rings. The zero-order valence-corrected chi connectivity index (χ0v) is 15.7. The largest absolute Gasteiger partial charge is 0.358 e. The Morgan fingerprint density at radius 1 is 1.23 bits per heavy atom. The third-order valence-electron chi connectivity index (χ3n) is 4.36. The van der Waals surface area contributed by atoms with Crippen LogP contribution in [0, 0.1) is 12.7 Å². The number of H-pyrrole nitrogens is 1. The van der Waals surface area contributed by atoms with Crippen LogP contribution in [0.25, 0.3) is 10.9 Å². The molecule has 0 aliphatic heterocycles. The second-order valence-electron chi connectivity index (χ2n) is 6.62. The standard InChI is InChI=1S/C20H21ClFN3O/c1-12-15(8-9-25(2)3)17-11-14(5-7-19(17)23-12)24-20(26)16-6-4-13(22)10-18(16)21/h4-7,10-11,23H,8-9H2,1-3H3,(H,24,26). The lowest BCUT2D eigenvalue weighted by Gasteiger charge is -2.10. The average Bonchev–Trinajstić information content (AvgIpc) is 2.87. The molecule has 0 radical (unpaired) electrons. The number of amides is 1. The first-order valence-corrected chi connectivity index (χ1v) is 8.75. The molecular weight excluding hydrogens is 353 g/mol. The Labute approximate surface area is 157 Å². The summed E-state index contributed by atoms with van der Waals surface area (Å²) in [7, 11) is 4.09. The molecule has 6 heteroatoms. The van der Waals surface area contributed by atoms with E-state index in [1.807, 2.05) is 32.3 Å². The predicted molar refractivity (Wildman–Crippen MR) is 105 cm³/mol. The van der Waals surface area contributed by atoms with Crippen molar-refractivity contribution in [3.63, 3.8) is 0 Å². The first-order valence-electron chi connectivity index (χ1n) is 8.37. The van der Waals surface area contributed by atoms with Crippen LogP contribution >= 0.6 is 11.6 Å². The van der Waals surface area contributed by atoms with E-state index < -0.39 is 5.82 Å². The number of aromatic nitrogens is 1. The van der Waals surface area contributed by atoms with Gasteiger partial charge in [0.1, 0.15) is 5.82 Å². The average molecular weight is 374 g/mol. The zero-order valence-electron chi connectivity index (χ0n) is 15.0. The lowest BCUT2D eigenvalue weighted by Crippen LogP contribution is -2.15. The first-order chi connectivity index (χ1) is 12.3. The number of nitrogens with zero attached hydrogens (tertiary/aromatic N) is 1. The summed E-state index contributed by atoms with van der Waals surface area (Å²) in [6.45, 7) is 3.00. The molecule has 1 aromatic heterocycles. The normalized spacial score (nSPS) is 11.3. The molecule has 0 saturated carbocycles. The number of carbonyl (C=O) groups is 1. The highest BCUT2D eigenvalue weighted by molar-refractivity contribution is 6.34. The monoisotopic (exact) mass is 373 g/mol. The predicted octanol–water partition coefficient (Wildman–Crippen LogP) is 4.63. The van der Waals surface area contributed by atoms with E-state index in [0.717, 1.165) is 35.6 Å². The third-order valence-corrected chi connectivity index (χ3v) is 4.67. The summed E-state index contributed by atoms with van der Waals surface area (Å²) < 4.78 is 13.2. The Kier molecular flexibility index (Phi) is 5.30. The van der Waals surface area contributed by atoms with Crippen LogP contribution in [0.3, 0.4) is 0 Å². The van der Waals surface area contributed by atoms with Crippen molar-refractivity contribution in [2.24, 2.45) is 0 Å². The molecule has 136 valence electrons. The summed E-state index contributed by atoms with van der Waals surface area (Å²) in [5.41, 5.74) is 4.32. The number of fused-ring (bicyclic) bond motifs is 1. The molecule has 0 atom stereocenters. The van der Waals surface area contributed by atoms with E-state index in [-0.39, 0.29) is 16.5 Å². The third kappa shape index (κ3) is 3.89. The quantitative estimate of drug-likeness (QED) is 0.685. The number of hydrogen-bond acceptors (Lipinski definition) is 2. The molecule has 0 spiro atoms. The fraction of sp³-hybridized carbons (Fsp3) is 0.250. The van der Waals surface area contributed by atoms with Crippen LogP contribution in [-0.4, -0.2) is 36.4 Å². The summed E-state index contributed by atoms with van der Waals surface area (Å²) in [5.74, 6) is -0.835. The van der Waals surface area contributed by atoms with Crippen molar-refractivity contribution < 1.29 is 9.18 Å². The topological polar surface area (TPSA) is 48.1 Å². The number of aromatic amines is 1. The zero-order chi connectivity index (χ0) is 18.8. The molecule has 1 heterocycles. The van der Waals surface area contributed by atoms with E-state index in [1.54, 1.807) is 0 Å². The van der Waals surface area contributed by atoms with Crippen LogP contribution in [0.15, 0.2) is 36.4 Å². The maximum absolute atomic E-state index is 13.2. The van der Waals surface area contributed by atoms with Gasteiger partial charge in [0.05, 0.1) is 10.6 Å². The number of anilines is 1. The number of rotatable bonds is 5. The number of nitrogens with one attached hydrogen (secondary N) is 2. The minimum Gasteiger partial charge on any atom is -0.358 e. The smallest absolute Gasteiger partial charge is 0.257 e. The lowest BCUT2D eigenvalue weighted by atomic mass is 10.1. The number of hydrogen-bond donors (Lipinski definition) is 2. The number of carbonyl (C=O) groups excluding carboxylic acids is 1. The first kappa shape index (κ1) is 18.4. The molecule has 0 saturated heterocycles. The minimum absolute atomic E-state index is 0.0905. The maximum atomic E-state index is 13.2. The highest BCUT2D eigenvalue weighted by Crippen LogP contribution is 2.27. The van der Waals surface area contributed by atoms with Gasteiger partial charge in [-0.3, -0.25) is 4.79 Å². The van der Waals surface area contributed by atoms with Gasteiger partial charge in [0, 0.05) is 28.8 Å². The Morgan fingerprint density at radius 3 is 2.69 bits per heavy atom. The maximum Gasteiger partial charge on any atom is 0.257 e. The molecule has 26 heavy (non-hydrogen) atoms. The van der Waals surface area contributed by atoms with Gasteiger partial charge in [0.2, 0.25) is 0 Å². The van der Waals surface area contributed by atoms with Crippen LogP contribution < -0.4 is 5.32 Å². The molecule has 0 fully saturated rings. The summed E-state index contributed by atoms with van der Waals surface area (Å²) in [5, 5.41) is 4.02. The molecule has 3 rings (SSSR count). The number of halogens is 2. The van der Waals surface area contributed by atoms with Crippen molar-refractivity contribution in [2.45, 2.75) is 13.3 Å². The second kappa shape index (κ2) is 7.48. The summed E-state index contributed by atoms with van der Waals surface area (Å²) in [6, 6.07) is 9.48. The van der Waals surface area contributed by atoms with Crippen molar-refractivity contribution in [3.8, 4) is 0 Å². The van der Waals surface area contributed by atoms with Crippen molar-refractivity contribution in [1.29, 1.82) is 0 Å². The molecule has 0 bridgehead atoms. The number of likely N-dealkylation sites (N-methyl/N-ethyl adjacent to an activating group) is 1. The second-order valence-corrected chi connectivity index (χ2v) is 7.03. The summed E-state index contributed by atoms with van der Waals surface area (Å²) in [6.07, 6.45) is 0.917. The van der Waals surface area contributed by atoms with Crippen LogP contribution in [0.5, 0.6) is 0 Å². The van der Waals surface area contributed by atoms with E-state index in [4.69, 9.17) is 11.6 Å². The Bertz CT molecular complexity index is 965. The van der Waals surface area contributed by atoms with Crippen LogP contribution in [0.4, 0.5) is 10.1 Å². The molecule has 3 aromatic rings. The van der Waals surface area contributed by atoms with Gasteiger partial charge in [-0.15, -0.1) is 0 Å². The minimum atomic E-state index is -0.471. The Balaban J connectivity index is 1.88. The van der Waals surface area contributed by atoms with E-state index >= 15 is 0 Å². The fourth-order valence-electron chi connectivity index (χ4n) is 2.99. The Hall–Kier alpha value is -2.37.